The van der Waals surface area contributed by atoms with Crippen molar-refractivity contribution in [3.63, 3.8) is 0 Å². The Morgan fingerprint density at radius 2 is 1.96 bits per heavy atom. The van der Waals surface area contributed by atoms with Crippen molar-refractivity contribution in [2.24, 2.45) is 5.92 Å². The lowest BCUT2D eigenvalue weighted by atomic mass is 9.71. The van der Waals surface area contributed by atoms with Gasteiger partial charge in [-0.25, -0.2) is 8.78 Å². The Kier molecular flexibility index (Phi) is 4.34. The molecule has 0 aromatic heterocycles. The molecule has 2 aliphatic heterocycles. The van der Waals surface area contributed by atoms with E-state index in [4.69, 9.17) is 4.74 Å². The zero-order chi connectivity index (χ0) is 20.1. The van der Waals surface area contributed by atoms with E-state index in [1.165, 1.54) is 29.2 Å². The van der Waals surface area contributed by atoms with E-state index in [1.54, 1.807) is 19.2 Å². The Labute approximate surface area is 161 Å². The highest BCUT2D eigenvalue weighted by Crippen LogP contribution is 2.47. The van der Waals surface area contributed by atoms with Gasteiger partial charge in [0.05, 0.1) is 18.6 Å². The van der Waals surface area contributed by atoms with E-state index < -0.39 is 23.4 Å². The molecule has 0 spiro atoms. The highest BCUT2D eigenvalue weighted by molar-refractivity contribution is 5.83. The molecule has 0 radical (unpaired) electrons. The molecule has 2 N–H and O–H groups in total. The molecule has 2 fully saturated rings. The smallest absolute Gasteiger partial charge is 0.233 e. The van der Waals surface area contributed by atoms with Gasteiger partial charge in [-0.1, -0.05) is 18.7 Å². The van der Waals surface area contributed by atoms with E-state index in [0.717, 1.165) is 11.6 Å². The first-order valence-electron chi connectivity index (χ1n) is 8.92. The van der Waals surface area contributed by atoms with Gasteiger partial charge >= 0.3 is 0 Å². The number of ether oxygens (including phenoxy) is 1. The van der Waals surface area contributed by atoms with E-state index in [2.05, 4.69) is 11.9 Å². The summed E-state index contributed by atoms with van der Waals surface area (Å²) in [4.78, 5) is 14.5. The quantitative estimate of drug-likeness (QED) is 0.832. The van der Waals surface area contributed by atoms with Crippen LogP contribution in [-0.2, 0) is 15.1 Å². The molecule has 0 aliphatic carbocycles. The number of phenolic OH excluding ortho intramolecular Hbond substituents is 1. The Bertz CT molecular complexity index is 947. The number of rotatable bonds is 2. The van der Waals surface area contributed by atoms with Crippen LogP contribution in [-0.4, -0.2) is 29.6 Å². The van der Waals surface area contributed by atoms with E-state index in [1.807, 2.05) is 0 Å². The number of amides is 1. The summed E-state index contributed by atoms with van der Waals surface area (Å²) in [6, 6.07) is 9.63. The third-order valence-corrected chi connectivity index (χ3v) is 5.63. The summed E-state index contributed by atoms with van der Waals surface area (Å²) in [5, 5.41) is 13.1. The van der Waals surface area contributed by atoms with E-state index >= 15 is 0 Å². The molecule has 0 unspecified atom stereocenters. The fourth-order valence-electron chi connectivity index (χ4n) is 4.06. The standard InChI is InChI=1S/C21H20F2N2O3/c1-12-24-21(16-9-15(26)7-8-18(16)23)11-28-19(10-17(21)20(27)25(12)2)13-3-5-14(22)6-4-13/h3-9,17,19,24,26H,1,10-11H2,2H3/t17-,19+,21+/m0/s1. The third-order valence-electron chi connectivity index (χ3n) is 5.63. The van der Waals surface area contributed by atoms with Crippen LogP contribution in [0, 0.1) is 17.6 Å². The fraction of sp³-hybridized carbons (Fsp3) is 0.286. The molecule has 4 rings (SSSR count). The summed E-state index contributed by atoms with van der Waals surface area (Å²) in [5.41, 5.74) is -0.302. The maximum absolute atomic E-state index is 14.7. The van der Waals surface area contributed by atoms with Crippen molar-refractivity contribution in [2.75, 3.05) is 13.7 Å². The predicted molar refractivity (Wildman–Crippen MR) is 98.0 cm³/mol. The number of fused-ring (bicyclic) bond motifs is 1. The second-order valence-corrected chi connectivity index (χ2v) is 7.24. The minimum Gasteiger partial charge on any atom is -0.508 e. The molecule has 1 amide bonds. The monoisotopic (exact) mass is 386 g/mol. The van der Waals surface area contributed by atoms with Crippen LogP contribution in [0.15, 0.2) is 54.9 Å². The van der Waals surface area contributed by atoms with Crippen LogP contribution < -0.4 is 5.32 Å². The molecule has 0 bridgehead atoms. The van der Waals surface area contributed by atoms with E-state index in [-0.39, 0.29) is 36.1 Å². The van der Waals surface area contributed by atoms with Crippen molar-refractivity contribution in [2.45, 2.75) is 18.1 Å². The summed E-state index contributed by atoms with van der Waals surface area (Å²) >= 11 is 0. The number of carbonyl (C=O) groups is 1. The average Bonchev–Trinajstić information content (AvgIpc) is 2.68. The van der Waals surface area contributed by atoms with Crippen LogP contribution in [0.4, 0.5) is 8.78 Å². The van der Waals surface area contributed by atoms with Crippen LogP contribution >= 0.6 is 0 Å². The molecular formula is C21H20F2N2O3. The van der Waals surface area contributed by atoms with Crippen LogP contribution in [0.5, 0.6) is 5.75 Å². The maximum atomic E-state index is 14.7. The van der Waals surface area contributed by atoms with Crippen molar-refractivity contribution in [3.8, 4) is 5.75 Å². The number of nitrogens with one attached hydrogen (secondary N) is 1. The fourth-order valence-corrected chi connectivity index (χ4v) is 4.06. The molecule has 146 valence electrons. The summed E-state index contributed by atoms with van der Waals surface area (Å²) < 4.78 is 34.0. The zero-order valence-electron chi connectivity index (χ0n) is 15.3. The Hall–Kier alpha value is -2.93. The maximum Gasteiger partial charge on any atom is 0.233 e. The van der Waals surface area contributed by atoms with Gasteiger partial charge in [-0.15, -0.1) is 0 Å². The summed E-state index contributed by atoms with van der Waals surface area (Å²) in [6.45, 7) is 3.84. The molecule has 2 aromatic rings. The predicted octanol–water partition coefficient (Wildman–Crippen LogP) is 3.18. The lowest BCUT2D eigenvalue weighted by Crippen LogP contribution is -2.65. The minimum absolute atomic E-state index is 0.0152. The minimum atomic E-state index is -1.19. The van der Waals surface area contributed by atoms with Crippen LogP contribution in [0.2, 0.25) is 0 Å². The Balaban J connectivity index is 1.78. The molecule has 2 aliphatic rings. The number of halogens is 2. The van der Waals surface area contributed by atoms with E-state index in [0.29, 0.717) is 5.82 Å². The van der Waals surface area contributed by atoms with E-state index in [9.17, 15) is 18.7 Å². The van der Waals surface area contributed by atoms with Gasteiger partial charge in [0, 0.05) is 12.6 Å². The lowest BCUT2D eigenvalue weighted by Gasteiger charge is -2.52. The number of aromatic hydroxyl groups is 1. The SMILES string of the molecule is C=C1N[C@@]2(c3cc(O)ccc3F)CO[C@@H](c3ccc(F)cc3)C[C@H]2C(=O)N1C. The number of hydrogen-bond donors (Lipinski definition) is 2. The first-order chi connectivity index (χ1) is 13.3. The molecule has 3 atom stereocenters. The van der Waals surface area contributed by atoms with Gasteiger partial charge in [0.15, 0.2) is 0 Å². The highest BCUT2D eigenvalue weighted by atomic mass is 19.1. The normalized spacial score (nSPS) is 27.3. The van der Waals surface area contributed by atoms with Crippen LogP contribution in [0.25, 0.3) is 0 Å². The molecule has 0 saturated carbocycles. The van der Waals surface area contributed by atoms with Gasteiger partial charge in [0.1, 0.15) is 28.7 Å². The highest BCUT2D eigenvalue weighted by Gasteiger charge is 2.55. The largest absolute Gasteiger partial charge is 0.508 e. The second kappa shape index (κ2) is 6.60. The zero-order valence-corrected chi connectivity index (χ0v) is 15.3. The van der Waals surface area contributed by atoms with Crippen molar-refractivity contribution in [3.05, 3.63) is 77.6 Å². The van der Waals surface area contributed by atoms with Gasteiger partial charge in [-0.3, -0.25) is 4.79 Å². The van der Waals surface area contributed by atoms with Gasteiger partial charge in [0.2, 0.25) is 5.91 Å². The second-order valence-electron chi connectivity index (χ2n) is 7.24. The van der Waals surface area contributed by atoms with Gasteiger partial charge in [-0.2, -0.15) is 0 Å². The average molecular weight is 386 g/mol. The lowest BCUT2D eigenvalue weighted by molar-refractivity contribution is -0.154. The van der Waals surface area contributed by atoms with Gasteiger partial charge < -0.3 is 20.1 Å². The number of phenols is 1. The van der Waals surface area contributed by atoms with Gasteiger partial charge in [0.25, 0.3) is 0 Å². The topological polar surface area (TPSA) is 61.8 Å². The molecular weight excluding hydrogens is 366 g/mol. The molecule has 7 heteroatoms. The third kappa shape index (κ3) is 2.82. The summed E-state index contributed by atoms with van der Waals surface area (Å²) in [6.07, 6.45) is -0.172. The van der Waals surface area contributed by atoms with Gasteiger partial charge in [-0.05, 0) is 42.3 Å². The number of nitrogens with zero attached hydrogens (tertiary/aromatic N) is 1. The molecule has 2 saturated heterocycles. The summed E-state index contributed by atoms with van der Waals surface area (Å²) in [5.74, 6) is -1.58. The molecule has 2 heterocycles. The Morgan fingerprint density at radius 1 is 1.25 bits per heavy atom. The number of carbonyl (C=O) groups excluding carboxylic acids is 1. The number of hydrogen-bond acceptors (Lipinski definition) is 4. The number of benzene rings is 2. The molecule has 28 heavy (non-hydrogen) atoms. The molecule has 5 nitrogen and oxygen atoms in total. The van der Waals surface area contributed by atoms with Crippen molar-refractivity contribution >= 4 is 5.91 Å². The first kappa shape index (κ1) is 18.4. The Morgan fingerprint density at radius 3 is 2.68 bits per heavy atom. The van der Waals surface area contributed by atoms with Crippen LogP contribution in [0.3, 0.4) is 0 Å². The van der Waals surface area contributed by atoms with Crippen molar-refractivity contribution < 1.29 is 23.4 Å². The molecule has 2 aromatic carbocycles. The summed E-state index contributed by atoms with van der Waals surface area (Å²) in [7, 11) is 1.60. The van der Waals surface area contributed by atoms with Crippen molar-refractivity contribution in [1.82, 2.24) is 10.2 Å². The van der Waals surface area contributed by atoms with Crippen molar-refractivity contribution in [1.29, 1.82) is 0 Å². The first-order valence-corrected chi connectivity index (χ1v) is 8.92. The van der Waals surface area contributed by atoms with Crippen LogP contribution in [0.1, 0.15) is 23.7 Å².